The Balaban J connectivity index is 1.62. The van der Waals surface area contributed by atoms with Gasteiger partial charge in [-0.1, -0.05) is 36.4 Å². The van der Waals surface area contributed by atoms with Crippen molar-refractivity contribution in [3.8, 4) is 11.5 Å². The highest BCUT2D eigenvalue weighted by Crippen LogP contribution is 2.33. The van der Waals surface area contributed by atoms with Crippen molar-refractivity contribution in [2.75, 3.05) is 0 Å². The highest BCUT2D eigenvalue weighted by Gasteiger charge is 2.20. The number of para-hydroxylation sites is 2. The lowest BCUT2D eigenvalue weighted by Crippen LogP contribution is -2.13. The molecule has 2 aromatic carbocycles. The first-order chi connectivity index (χ1) is 9.90. The van der Waals surface area contributed by atoms with Crippen molar-refractivity contribution in [1.29, 1.82) is 0 Å². The predicted octanol–water partition coefficient (Wildman–Crippen LogP) is 4.02. The summed E-state index contributed by atoms with van der Waals surface area (Å²) in [6.07, 6.45) is 5.94. The summed E-state index contributed by atoms with van der Waals surface area (Å²) < 4.78 is 11.9. The van der Waals surface area contributed by atoms with Crippen LogP contribution in [0.5, 0.6) is 11.5 Å². The van der Waals surface area contributed by atoms with Crippen molar-refractivity contribution in [2.24, 2.45) is 0 Å². The Morgan fingerprint density at radius 3 is 1.55 bits per heavy atom. The molecule has 0 atom stereocenters. The van der Waals surface area contributed by atoms with E-state index in [9.17, 15) is 0 Å². The molecule has 0 saturated heterocycles. The minimum atomic E-state index is 0.818. The van der Waals surface area contributed by atoms with Gasteiger partial charge in [0.15, 0.2) is 11.5 Å². The molecule has 0 spiro atoms. The standard InChI is InChI=1S/C18H14O2/c1-3-7-15-13(5-1)9-11-17(19-15)18-12-10-14-6-2-4-8-16(14)20-18/h1-8,11-12H,9-10H2. The fraction of sp³-hybridized carbons (Fsp3) is 0.111. The molecule has 4 rings (SSSR count). The Morgan fingerprint density at radius 1 is 0.600 bits per heavy atom. The van der Waals surface area contributed by atoms with Gasteiger partial charge in [0, 0.05) is 0 Å². The van der Waals surface area contributed by atoms with E-state index in [1.54, 1.807) is 0 Å². The van der Waals surface area contributed by atoms with Crippen molar-refractivity contribution >= 4 is 0 Å². The van der Waals surface area contributed by atoms with Gasteiger partial charge in [-0.05, 0) is 48.3 Å². The van der Waals surface area contributed by atoms with E-state index in [-0.39, 0.29) is 0 Å². The zero-order valence-electron chi connectivity index (χ0n) is 11.0. The Hall–Kier alpha value is -2.48. The number of benzene rings is 2. The van der Waals surface area contributed by atoms with E-state index < -0.39 is 0 Å². The van der Waals surface area contributed by atoms with Crippen LogP contribution in [0.15, 0.2) is 72.2 Å². The summed E-state index contributed by atoms with van der Waals surface area (Å²) in [5, 5.41) is 0. The minimum absolute atomic E-state index is 0.818. The van der Waals surface area contributed by atoms with Crippen LogP contribution in [0.4, 0.5) is 0 Å². The quantitative estimate of drug-likeness (QED) is 0.772. The van der Waals surface area contributed by atoms with Gasteiger partial charge in [-0.3, -0.25) is 0 Å². The lowest BCUT2D eigenvalue weighted by atomic mass is 10.0. The second kappa shape index (κ2) is 4.57. The summed E-state index contributed by atoms with van der Waals surface area (Å²) >= 11 is 0. The van der Waals surface area contributed by atoms with Crippen LogP contribution in [0.3, 0.4) is 0 Å². The van der Waals surface area contributed by atoms with Crippen molar-refractivity contribution in [3.63, 3.8) is 0 Å². The number of hydrogen-bond acceptors (Lipinski definition) is 2. The molecule has 0 bridgehead atoms. The van der Waals surface area contributed by atoms with E-state index in [0.29, 0.717) is 0 Å². The minimum Gasteiger partial charge on any atom is -0.453 e. The number of rotatable bonds is 1. The summed E-state index contributed by atoms with van der Waals surface area (Å²) in [6, 6.07) is 16.2. The van der Waals surface area contributed by atoms with Gasteiger partial charge in [0.25, 0.3) is 0 Å². The van der Waals surface area contributed by atoms with Crippen LogP contribution in [-0.2, 0) is 12.8 Å². The van der Waals surface area contributed by atoms with Gasteiger partial charge < -0.3 is 9.47 Å². The van der Waals surface area contributed by atoms with Gasteiger partial charge in [-0.25, -0.2) is 0 Å². The SMILES string of the molecule is C1=C(C2=CCc3ccccc3O2)Oc2ccccc2C1. The molecule has 0 N–H and O–H groups in total. The molecule has 0 radical (unpaired) electrons. The zero-order valence-corrected chi connectivity index (χ0v) is 11.0. The van der Waals surface area contributed by atoms with E-state index in [4.69, 9.17) is 9.47 Å². The van der Waals surface area contributed by atoms with Crippen LogP contribution < -0.4 is 9.47 Å². The van der Waals surface area contributed by atoms with Crippen LogP contribution in [0, 0.1) is 0 Å². The van der Waals surface area contributed by atoms with Crippen molar-refractivity contribution < 1.29 is 9.47 Å². The largest absolute Gasteiger partial charge is 0.453 e. The zero-order chi connectivity index (χ0) is 13.4. The first kappa shape index (κ1) is 11.4. The maximum Gasteiger partial charge on any atom is 0.165 e. The molecule has 0 unspecified atom stereocenters. The van der Waals surface area contributed by atoms with Gasteiger partial charge in [-0.2, -0.15) is 0 Å². The molecule has 2 aliphatic heterocycles. The maximum absolute atomic E-state index is 5.95. The third kappa shape index (κ3) is 1.90. The normalized spacial score (nSPS) is 16.0. The fourth-order valence-electron chi connectivity index (χ4n) is 2.57. The number of fused-ring (bicyclic) bond motifs is 2. The monoisotopic (exact) mass is 262 g/mol. The molecule has 2 nitrogen and oxygen atoms in total. The van der Waals surface area contributed by atoms with Crippen LogP contribution in [0.25, 0.3) is 0 Å². The summed E-state index contributed by atoms with van der Waals surface area (Å²) in [5.74, 6) is 3.48. The highest BCUT2D eigenvalue weighted by molar-refractivity contribution is 5.46. The molecule has 0 fully saturated rings. The molecular formula is C18H14O2. The van der Waals surface area contributed by atoms with Gasteiger partial charge in [0.2, 0.25) is 0 Å². The third-order valence-electron chi connectivity index (χ3n) is 3.64. The predicted molar refractivity (Wildman–Crippen MR) is 77.7 cm³/mol. The summed E-state index contributed by atoms with van der Waals surface area (Å²) in [7, 11) is 0. The van der Waals surface area contributed by atoms with E-state index in [2.05, 4.69) is 24.3 Å². The molecule has 2 aliphatic rings. The molecule has 0 amide bonds. The van der Waals surface area contributed by atoms with E-state index >= 15 is 0 Å². The highest BCUT2D eigenvalue weighted by atomic mass is 16.5. The summed E-state index contributed by atoms with van der Waals surface area (Å²) in [6.45, 7) is 0. The number of allylic oxidation sites excluding steroid dienone is 2. The Labute approximate surface area is 118 Å². The van der Waals surface area contributed by atoms with Crippen LogP contribution in [0.1, 0.15) is 11.1 Å². The smallest absolute Gasteiger partial charge is 0.165 e. The number of ether oxygens (including phenoxy) is 2. The van der Waals surface area contributed by atoms with E-state index in [1.165, 1.54) is 11.1 Å². The molecule has 2 aromatic rings. The topological polar surface area (TPSA) is 18.5 Å². The first-order valence-corrected chi connectivity index (χ1v) is 6.82. The van der Waals surface area contributed by atoms with Gasteiger partial charge in [0.05, 0.1) is 0 Å². The molecule has 2 heterocycles. The van der Waals surface area contributed by atoms with Crippen molar-refractivity contribution in [1.82, 2.24) is 0 Å². The Bertz CT molecular complexity index is 662. The average Bonchev–Trinajstić information content (AvgIpc) is 2.54. The fourth-order valence-corrected chi connectivity index (χ4v) is 2.57. The summed E-state index contributed by atoms with van der Waals surface area (Å²) in [5.41, 5.74) is 2.43. The van der Waals surface area contributed by atoms with Crippen LogP contribution in [-0.4, -0.2) is 0 Å². The molecule has 20 heavy (non-hydrogen) atoms. The summed E-state index contributed by atoms with van der Waals surface area (Å²) in [4.78, 5) is 0. The van der Waals surface area contributed by atoms with Gasteiger partial charge >= 0.3 is 0 Å². The molecular weight excluding hydrogens is 248 g/mol. The second-order valence-electron chi connectivity index (χ2n) is 4.96. The number of hydrogen-bond donors (Lipinski definition) is 0. The second-order valence-corrected chi connectivity index (χ2v) is 4.96. The van der Waals surface area contributed by atoms with Gasteiger partial charge in [0.1, 0.15) is 11.5 Å². The Kier molecular flexibility index (Phi) is 2.59. The van der Waals surface area contributed by atoms with Crippen molar-refractivity contribution in [2.45, 2.75) is 12.8 Å². The molecule has 0 aliphatic carbocycles. The lowest BCUT2D eigenvalue weighted by molar-refractivity contribution is 0.333. The third-order valence-corrected chi connectivity index (χ3v) is 3.64. The lowest BCUT2D eigenvalue weighted by Gasteiger charge is -2.23. The Morgan fingerprint density at radius 2 is 1.05 bits per heavy atom. The molecule has 0 saturated carbocycles. The van der Waals surface area contributed by atoms with E-state index in [1.807, 2.05) is 36.4 Å². The van der Waals surface area contributed by atoms with Crippen LogP contribution in [0.2, 0.25) is 0 Å². The molecule has 0 aromatic heterocycles. The van der Waals surface area contributed by atoms with E-state index in [0.717, 1.165) is 35.9 Å². The van der Waals surface area contributed by atoms with Gasteiger partial charge in [-0.15, -0.1) is 0 Å². The first-order valence-electron chi connectivity index (χ1n) is 6.82. The maximum atomic E-state index is 5.95. The molecule has 2 heteroatoms. The molecule has 98 valence electrons. The van der Waals surface area contributed by atoms with Crippen LogP contribution >= 0.6 is 0 Å². The van der Waals surface area contributed by atoms with Crippen molar-refractivity contribution in [3.05, 3.63) is 83.3 Å². The average molecular weight is 262 g/mol.